The molecule has 1 aliphatic heterocycles. The molecule has 0 radical (unpaired) electrons. The van der Waals surface area contributed by atoms with Gasteiger partial charge in [0.1, 0.15) is 18.3 Å². The molecule has 1 aliphatic rings. The number of hydrogen-bond acceptors (Lipinski definition) is 6. The molecule has 1 heterocycles. The number of carbonyl (C=O) groups is 1. The number of ether oxygens (including phenoxy) is 1. The molecule has 1 aromatic carbocycles. The lowest BCUT2D eigenvalue weighted by Crippen LogP contribution is -2.49. The molecule has 1 saturated heterocycles. The fourth-order valence-electron chi connectivity index (χ4n) is 1.93. The zero-order valence-electron chi connectivity index (χ0n) is 9.43. The van der Waals surface area contributed by atoms with Crippen LogP contribution in [-0.2, 0) is 4.74 Å². The van der Waals surface area contributed by atoms with Gasteiger partial charge >= 0.3 is 0 Å². The van der Waals surface area contributed by atoms with Crippen LogP contribution in [0.25, 0.3) is 0 Å². The first-order chi connectivity index (χ1) is 8.50. The second-order valence-corrected chi connectivity index (χ2v) is 4.17. The zero-order valence-corrected chi connectivity index (χ0v) is 9.43. The van der Waals surface area contributed by atoms with E-state index in [4.69, 9.17) is 9.84 Å². The van der Waals surface area contributed by atoms with Gasteiger partial charge in [0.25, 0.3) is 5.79 Å². The summed E-state index contributed by atoms with van der Waals surface area (Å²) in [6.45, 7) is -0.609. The fraction of sp³-hybridized carbons (Fsp3) is 0.417. The minimum absolute atomic E-state index is 0.143. The number of ketones is 1. The van der Waals surface area contributed by atoms with Crippen molar-refractivity contribution < 1.29 is 30.0 Å². The topological polar surface area (TPSA) is 107 Å². The normalized spacial score (nSPS) is 35.7. The van der Waals surface area contributed by atoms with E-state index in [1.807, 2.05) is 0 Å². The standard InChI is InChI=1S/C12H14O6/c13-6-8-9(14)11(16)12(17,18-8)10(15)7-4-2-1-3-5-7/h1-5,8-9,11,13-14,16-17H,6H2/t8-,9-,11-,12?/m1/s1. The number of aliphatic hydroxyl groups excluding tert-OH is 3. The van der Waals surface area contributed by atoms with Crippen molar-refractivity contribution in [3.8, 4) is 0 Å². The highest BCUT2D eigenvalue weighted by Crippen LogP contribution is 2.32. The largest absolute Gasteiger partial charge is 0.394 e. The van der Waals surface area contributed by atoms with Crippen LogP contribution in [0.3, 0.4) is 0 Å². The van der Waals surface area contributed by atoms with Gasteiger partial charge in [-0.2, -0.15) is 0 Å². The summed E-state index contributed by atoms with van der Waals surface area (Å²) >= 11 is 0. The third-order valence-electron chi connectivity index (χ3n) is 2.98. The van der Waals surface area contributed by atoms with Gasteiger partial charge in [-0.3, -0.25) is 4.79 Å². The SMILES string of the molecule is O=C(c1ccccc1)C1(O)O[C@H](CO)[C@@H](O)[C@H]1O. The highest BCUT2D eigenvalue weighted by atomic mass is 16.7. The van der Waals surface area contributed by atoms with E-state index in [0.717, 1.165) is 0 Å². The van der Waals surface area contributed by atoms with Crippen LogP contribution in [-0.4, -0.2) is 56.9 Å². The summed E-state index contributed by atoms with van der Waals surface area (Å²) in [5.74, 6) is -3.39. The third-order valence-corrected chi connectivity index (χ3v) is 2.98. The molecule has 0 bridgehead atoms. The van der Waals surface area contributed by atoms with Crippen LogP contribution in [0.5, 0.6) is 0 Å². The quantitative estimate of drug-likeness (QED) is 0.498. The summed E-state index contributed by atoms with van der Waals surface area (Å²) < 4.78 is 4.89. The Hall–Kier alpha value is -1.31. The van der Waals surface area contributed by atoms with E-state index in [0.29, 0.717) is 0 Å². The first kappa shape index (κ1) is 13.1. The van der Waals surface area contributed by atoms with Crippen LogP contribution in [0.1, 0.15) is 10.4 Å². The minimum atomic E-state index is -2.53. The van der Waals surface area contributed by atoms with E-state index in [9.17, 15) is 20.1 Å². The first-order valence-corrected chi connectivity index (χ1v) is 5.47. The van der Waals surface area contributed by atoms with Crippen molar-refractivity contribution in [3.63, 3.8) is 0 Å². The molecule has 0 amide bonds. The van der Waals surface area contributed by atoms with E-state index in [-0.39, 0.29) is 5.56 Å². The van der Waals surface area contributed by atoms with Gasteiger partial charge in [-0.05, 0) is 0 Å². The Balaban J connectivity index is 2.30. The molecule has 0 aromatic heterocycles. The summed E-state index contributed by atoms with van der Waals surface area (Å²) in [6.07, 6.45) is -4.52. The van der Waals surface area contributed by atoms with Crippen LogP contribution in [0.15, 0.2) is 30.3 Å². The summed E-state index contributed by atoms with van der Waals surface area (Å²) in [5.41, 5.74) is 0.143. The zero-order chi connectivity index (χ0) is 13.3. The minimum Gasteiger partial charge on any atom is -0.394 e. The predicted molar refractivity (Wildman–Crippen MR) is 59.7 cm³/mol. The second kappa shape index (κ2) is 4.75. The number of rotatable bonds is 3. The monoisotopic (exact) mass is 254 g/mol. The fourth-order valence-corrected chi connectivity index (χ4v) is 1.93. The number of carbonyl (C=O) groups excluding carboxylic acids is 1. The molecule has 1 aromatic rings. The Bertz CT molecular complexity index is 433. The lowest BCUT2D eigenvalue weighted by atomic mass is 9.97. The lowest BCUT2D eigenvalue weighted by Gasteiger charge is -2.24. The van der Waals surface area contributed by atoms with E-state index >= 15 is 0 Å². The molecule has 0 saturated carbocycles. The molecule has 18 heavy (non-hydrogen) atoms. The molecule has 4 N–H and O–H groups in total. The first-order valence-electron chi connectivity index (χ1n) is 5.47. The number of aliphatic hydroxyl groups is 4. The number of Topliss-reactive ketones (excluding diaryl/α,β-unsaturated/α-hetero) is 1. The number of hydrogen-bond donors (Lipinski definition) is 4. The molecule has 1 fully saturated rings. The maximum atomic E-state index is 12.1. The average Bonchev–Trinajstić information content (AvgIpc) is 2.64. The van der Waals surface area contributed by atoms with Gasteiger partial charge in [0.2, 0.25) is 5.78 Å². The van der Waals surface area contributed by atoms with E-state index in [1.54, 1.807) is 18.2 Å². The molecule has 6 heteroatoms. The van der Waals surface area contributed by atoms with Gasteiger partial charge in [-0.25, -0.2) is 0 Å². The van der Waals surface area contributed by atoms with Crippen molar-refractivity contribution in [2.24, 2.45) is 0 Å². The Morgan fingerprint density at radius 2 is 1.89 bits per heavy atom. The van der Waals surface area contributed by atoms with Crippen molar-refractivity contribution in [3.05, 3.63) is 35.9 Å². The van der Waals surface area contributed by atoms with Crippen LogP contribution >= 0.6 is 0 Å². The van der Waals surface area contributed by atoms with Crippen LogP contribution < -0.4 is 0 Å². The summed E-state index contributed by atoms with van der Waals surface area (Å²) in [6, 6.07) is 7.79. The van der Waals surface area contributed by atoms with Crippen LogP contribution in [0, 0.1) is 0 Å². The molecular weight excluding hydrogens is 240 g/mol. The smallest absolute Gasteiger partial charge is 0.261 e. The molecule has 4 atom stereocenters. The molecule has 2 rings (SSSR count). The van der Waals surface area contributed by atoms with Crippen molar-refractivity contribution in [2.45, 2.75) is 24.1 Å². The van der Waals surface area contributed by atoms with Gasteiger partial charge < -0.3 is 25.2 Å². The third kappa shape index (κ3) is 1.94. The Labute approximate surface area is 103 Å². The summed E-state index contributed by atoms with van der Waals surface area (Å²) in [7, 11) is 0. The van der Waals surface area contributed by atoms with Gasteiger partial charge in [-0.1, -0.05) is 30.3 Å². The maximum absolute atomic E-state index is 12.1. The molecule has 1 unspecified atom stereocenters. The van der Waals surface area contributed by atoms with Crippen LogP contribution in [0.4, 0.5) is 0 Å². The predicted octanol–water partition coefficient (Wildman–Crippen LogP) is -1.33. The van der Waals surface area contributed by atoms with Crippen molar-refractivity contribution in [2.75, 3.05) is 6.61 Å². The Morgan fingerprint density at radius 3 is 2.39 bits per heavy atom. The van der Waals surface area contributed by atoms with E-state index < -0.39 is 36.5 Å². The Morgan fingerprint density at radius 1 is 1.28 bits per heavy atom. The van der Waals surface area contributed by atoms with Crippen LogP contribution in [0.2, 0.25) is 0 Å². The van der Waals surface area contributed by atoms with Gasteiger partial charge in [-0.15, -0.1) is 0 Å². The lowest BCUT2D eigenvalue weighted by molar-refractivity contribution is -0.193. The highest BCUT2D eigenvalue weighted by molar-refractivity contribution is 6.02. The molecule has 0 aliphatic carbocycles. The summed E-state index contributed by atoms with van der Waals surface area (Å²) in [5, 5.41) is 38.2. The molecule has 0 spiro atoms. The second-order valence-electron chi connectivity index (χ2n) is 4.17. The van der Waals surface area contributed by atoms with Gasteiger partial charge in [0.15, 0.2) is 0 Å². The van der Waals surface area contributed by atoms with Crippen molar-refractivity contribution >= 4 is 5.78 Å². The molecular formula is C12H14O6. The van der Waals surface area contributed by atoms with E-state index in [2.05, 4.69) is 0 Å². The molecule has 98 valence electrons. The Kier molecular flexibility index (Phi) is 3.47. The van der Waals surface area contributed by atoms with E-state index in [1.165, 1.54) is 12.1 Å². The van der Waals surface area contributed by atoms with Gasteiger partial charge in [0, 0.05) is 5.56 Å². The molecule has 6 nitrogen and oxygen atoms in total. The highest BCUT2D eigenvalue weighted by Gasteiger charge is 2.57. The summed E-state index contributed by atoms with van der Waals surface area (Å²) in [4.78, 5) is 12.1. The van der Waals surface area contributed by atoms with Crippen molar-refractivity contribution in [1.82, 2.24) is 0 Å². The van der Waals surface area contributed by atoms with Gasteiger partial charge in [0.05, 0.1) is 6.61 Å². The number of benzene rings is 1. The maximum Gasteiger partial charge on any atom is 0.261 e. The average molecular weight is 254 g/mol. The van der Waals surface area contributed by atoms with Crippen molar-refractivity contribution in [1.29, 1.82) is 0 Å².